The van der Waals surface area contributed by atoms with Crippen LogP contribution in [-0.2, 0) is 9.53 Å². The molecular formula is C27H35Cl3N6O3. The first-order valence-electron chi connectivity index (χ1n) is 13.1. The topological polar surface area (TPSA) is 90.9 Å². The maximum atomic E-state index is 13.4. The second-order valence-electron chi connectivity index (χ2n) is 10.9. The highest BCUT2D eigenvalue weighted by molar-refractivity contribution is 6.35. The molecule has 1 N–H and O–H groups in total. The minimum atomic E-state index is -0.609. The molecule has 2 aliphatic rings. The summed E-state index contributed by atoms with van der Waals surface area (Å²) >= 11 is 19.0. The van der Waals surface area contributed by atoms with E-state index in [0.29, 0.717) is 71.7 Å². The quantitative estimate of drug-likeness (QED) is 0.454. The Labute approximate surface area is 244 Å². The standard InChI is InChI=1S/C27H35Cl3N6O3/c1-16(19-9-8-18(28)15-20(19)29)31-23-22(30)17(2)32-25(33-23)35-13-11-34(12-14-35)24(37)21-7-6-10-36(21)26(38)39-27(3,4)5/h8-9,15-16,21H,6-7,10-14H2,1-5H3,(H,31,32,33)/t16-,21-/m1/s1. The van der Waals surface area contributed by atoms with Gasteiger partial charge in [-0.15, -0.1) is 0 Å². The van der Waals surface area contributed by atoms with Crippen molar-refractivity contribution in [1.82, 2.24) is 19.8 Å². The average molecular weight is 598 g/mol. The third-order valence-electron chi connectivity index (χ3n) is 6.83. The molecule has 12 heteroatoms. The van der Waals surface area contributed by atoms with Gasteiger partial charge in [0.25, 0.3) is 0 Å². The normalized spacial score (nSPS) is 18.8. The number of aromatic nitrogens is 2. The van der Waals surface area contributed by atoms with Crippen LogP contribution < -0.4 is 10.2 Å². The molecule has 2 saturated heterocycles. The molecule has 2 atom stereocenters. The van der Waals surface area contributed by atoms with E-state index in [-0.39, 0.29) is 11.9 Å². The zero-order valence-electron chi connectivity index (χ0n) is 22.9. The third-order valence-corrected chi connectivity index (χ3v) is 7.84. The van der Waals surface area contributed by atoms with E-state index in [2.05, 4.69) is 10.3 Å². The number of piperazine rings is 1. The van der Waals surface area contributed by atoms with Crippen molar-refractivity contribution in [2.24, 2.45) is 0 Å². The average Bonchev–Trinajstić information content (AvgIpc) is 3.35. The molecule has 1 aromatic heterocycles. The monoisotopic (exact) mass is 596 g/mol. The third kappa shape index (κ3) is 6.99. The molecule has 9 nitrogen and oxygen atoms in total. The van der Waals surface area contributed by atoms with Gasteiger partial charge in [-0.3, -0.25) is 9.69 Å². The molecule has 0 radical (unpaired) electrons. The van der Waals surface area contributed by atoms with Gasteiger partial charge < -0.3 is 19.9 Å². The molecule has 2 aromatic rings. The number of carbonyl (C=O) groups excluding carboxylic acids is 2. The van der Waals surface area contributed by atoms with Crippen molar-refractivity contribution in [2.45, 2.75) is 65.1 Å². The minimum absolute atomic E-state index is 0.0396. The summed E-state index contributed by atoms with van der Waals surface area (Å²) in [5.74, 6) is 1.01. The molecule has 0 aliphatic carbocycles. The lowest BCUT2D eigenvalue weighted by Crippen LogP contribution is -2.55. The SMILES string of the molecule is Cc1nc(N2CCN(C(=O)[C@H]3CCCN3C(=O)OC(C)(C)C)CC2)nc(N[C@H](C)c2ccc(Cl)cc2Cl)c1Cl. The highest BCUT2D eigenvalue weighted by Crippen LogP contribution is 2.32. The Morgan fingerprint density at radius 3 is 2.41 bits per heavy atom. The Hall–Kier alpha value is -2.49. The van der Waals surface area contributed by atoms with E-state index in [1.807, 2.05) is 50.5 Å². The lowest BCUT2D eigenvalue weighted by Gasteiger charge is -2.37. The number of aryl methyl sites for hydroxylation is 1. The van der Waals surface area contributed by atoms with E-state index in [9.17, 15) is 9.59 Å². The minimum Gasteiger partial charge on any atom is -0.444 e. The summed E-state index contributed by atoms with van der Waals surface area (Å²) in [6.07, 6.45) is 0.988. The van der Waals surface area contributed by atoms with Crippen LogP contribution in [0.5, 0.6) is 0 Å². The smallest absolute Gasteiger partial charge is 0.410 e. The first-order chi connectivity index (χ1) is 18.3. The van der Waals surface area contributed by atoms with Crippen LogP contribution in [0.4, 0.5) is 16.6 Å². The van der Waals surface area contributed by atoms with Crippen LogP contribution in [0, 0.1) is 6.92 Å². The van der Waals surface area contributed by atoms with Crippen molar-refractivity contribution in [2.75, 3.05) is 42.9 Å². The number of rotatable bonds is 5. The zero-order chi connectivity index (χ0) is 28.5. The number of ether oxygens (including phenoxy) is 1. The Balaban J connectivity index is 1.41. The largest absolute Gasteiger partial charge is 0.444 e. The summed E-state index contributed by atoms with van der Waals surface area (Å²) in [5, 5.41) is 4.91. The number of halogens is 3. The van der Waals surface area contributed by atoms with Gasteiger partial charge in [0.05, 0.1) is 11.7 Å². The fourth-order valence-electron chi connectivity index (χ4n) is 4.82. The molecule has 0 spiro atoms. The number of hydrogen-bond donors (Lipinski definition) is 1. The highest BCUT2D eigenvalue weighted by atomic mass is 35.5. The van der Waals surface area contributed by atoms with E-state index in [4.69, 9.17) is 44.5 Å². The molecule has 2 aliphatic heterocycles. The molecule has 39 heavy (non-hydrogen) atoms. The number of anilines is 2. The van der Waals surface area contributed by atoms with Crippen LogP contribution in [0.15, 0.2) is 18.2 Å². The Bertz CT molecular complexity index is 1230. The molecule has 1 aromatic carbocycles. The molecule has 0 unspecified atom stereocenters. The first kappa shape index (κ1) is 29.5. The Kier molecular flexibility index (Phi) is 9.03. The van der Waals surface area contributed by atoms with Crippen molar-refractivity contribution < 1.29 is 14.3 Å². The molecule has 2 fully saturated rings. The maximum absolute atomic E-state index is 13.4. The number of nitrogens with zero attached hydrogens (tertiary/aromatic N) is 5. The van der Waals surface area contributed by atoms with E-state index >= 15 is 0 Å². The van der Waals surface area contributed by atoms with Gasteiger partial charge in [-0.05, 0) is 65.2 Å². The van der Waals surface area contributed by atoms with Crippen LogP contribution in [0.2, 0.25) is 15.1 Å². The van der Waals surface area contributed by atoms with Crippen molar-refractivity contribution in [3.63, 3.8) is 0 Å². The first-order valence-corrected chi connectivity index (χ1v) is 14.3. The van der Waals surface area contributed by atoms with E-state index in [0.717, 1.165) is 12.0 Å². The summed E-state index contributed by atoms with van der Waals surface area (Å²) in [6, 6.07) is 4.70. The molecular weight excluding hydrogens is 563 g/mol. The van der Waals surface area contributed by atoms with E-state index < -0.39 is 17.7 Å². The van der Waals surface area contributed by atoms with Gasteiger partial charge in [0.15, 0.2) is 5.82 Å². The second-order valence-corrected chi connectivity index (χ2v) is 12.2. The van der Waals surface area contributed by atoms with Crippen LogP contribution >= 0.6 is 34.8 Å². The van der Waals surface area contributed by atoms with Gasteiger partial charge in [-0.1, -0.05) is 40.9 Å². The van der Waals surface area contributed by atoms with Crippen LogP contribution in [0.25, 0.3) is 0 Å². The molecule has 0 bridgehead atoms. The molecule has 2 amide bonds. The molecule has 3 heterocycles. The number of hydrogen-bond acceptors (Lipinski definition) is 7. The van der Waals surface area contributed by atoms with Gasteiger partial charge in [0, 0.05) is 42.8 Å². The second kappa shape index (κ2) is 11.9. The van der Waals surface area contributed by atoms with Gasteiger partial charge in [0.2, 0.25) is 11.9 Å². The van der Waals surface area contributed by atoms with Gasteiger partial charge in [0.1, 0.15) is 16.7 Å². The summed E-state index contributed by atoms with van der Waals surface area (Å²) < 4.78 is 5.53. The lowest BCUT2D eigenvalue weighted by atomic mass is 10.1. The number of nitrogens with one attached hydrogen (secondary N) is 1. The van der Waals surface area contributed by atoms with E-state index in [1.54, 1.807) is 17.0 Å². The van der Waals surface area contributed by atoms with Crippen LogP contribution in [-0.4, -0.2) is 76.1 Å². The zero-order valence-corrected chi connectivity index (χ0v) is 25.2. The summed E-state index contributed by atoms with van der Waals surface area (Å²) in [5.41, 5.74) is 0.910. The number of benzene rings is 1. The van der Waals surface area contributed by atoms with Crippen LogP contribution in [0.1, 0.15) is 57.8 Å². The predicted octanol–water partition coefficient (Wildman–Crippen LogP) is 5.97. The molecule has 4 rings (SSSR count). The van der Waals surface area contributed by atoms with Crippen LogP contribution in [0.3, 0.4) is 0 Å². The number of likely N-dealkylation sites (tertiary alicyclic amines) is 1. The summed E-state index contributed by atoms with van der Waals surface area (Å²) in [7, 11) is 0. The summed E-state index contributed by atoms with van der Waals surface area (Å²) in [4.78, 5) is 40.8. The Morgan fingerprint density at radius 1 is 1.08 bits per heavy atom. The Morgan fingerprint density at radius 2 is 1.77 bits per heavy atom. The predicted molar refractivity (Wildman–Crippen MR) is 155 cm³/mol. The summed E-state index contributed by atoms with van der Waals surface area (Å²) in [6.45, 7) is 11.9. The fraction of sp³-hybridized carbons (Fsp3) is 0.556. The van der Waals surface area contributed by atoms with Gasteiger partial charge in [-0.2, -0.15) is 4.98 Å². The fourth-order valence-corrected chi connectivity index (χ4v) is 5.53. The van der Waals surface area contributed by atoms with Crippen molar-refractivity contribution in [1.29, 1.82) is 0 Å². The van der Waals surface area contributed by atoms with Crippen molar-refractivity contribution in [3.8, 4) is 0 Å². The van der Waals surface area contributed by atoms with Gasteiger partial charge in [-0.25, -0.2) is 9.78 Å². The number of amides is 2. The van der Waals surface area contributed by atoms with Gasteiger partial charge >= 0.3 is 6.09 Å². The maximum Gasteiger partial charge on any atom is 0.410 e. The lowest BCUT2D eigenvalue weighted by molar-refractivity contribution is -0.136. The highest BCUT2D eigenvalue weighted by Gasteiger charge is 2.39. The number of carbonyl (C=O) groups is 2. The van der Waals surface area contributed by atoms with Crippen molar-refractivity contribution >= 4 is 58.6 Å². The molecule has 0 saturated carbocycles. The van der Waals surface area contributed by atoms with Crippen molar-refractivity contribution in [3.05, 3.63) is 44.5 Å². The van der Waals surface area contributed by atoms with E-state index in [1.165, 1.54) is 0 Å². The molecule has 212 valence electrons.